The third-order valence-electron chi connectivity index (χ3n) is 1.78. The highest BCUT2D eigenvalue weighted by atomic mass is 35.5. The van der Waals surface area contributed by atoms with Crippen LogP contribution in [0.15, 0.2) is 27.2 Å². The van der Waals surface area contributed by atoms with E-state index in [9.17, 15) is 0 Å². The van der Waals surface area contributed by atoms with Gasteiger partial charge in [0.05, 0.1) is 23.1 Å². The molecule has 2 heterocycles. The Bertz CT molecular complexity index is 449. The molecule has 0 saturated heterocycles. The normalized spacial score (nSPS) is 10.6. The molecule has 4 nitrogen and oxygen atoms in total. The van der Waals surface area contributed by atoms with Crippen LogP contribution in [0, 0.1) is 13.8 Å². The Balaban J connectivity index is 2.18. The van der Waals surface area contributed by atoms with Gasteiger partial charge < -0.3 is 4.42 Å². The molecule has 0 atom stereocenters. The molecule has 0 aliphatic heterocycles. The van der Waals surface area contributed by atoms with Crippen LogP contribution in [0.5, 0.6) is 0 Å². The molecule has 0 bridgehead atoms. The predicted molar refractivity (Wildman–Crippen MR) is 57.1 cm³/mol. The van der Waals surface area contributed by atoms with Crippen molar-refractivity contribution in [3.8, 4) is 0 Å². The number of oxazole rings is 1. The van der Waals surface area contributed by atoms with E-state index in [0.29, 0.717) is 15.4 Å². The maximum absolute atomic E-state index is 5.67. The minimum Gasteiger partial charge on any atom is -0.436 e. The molecule has 2 rings (SSSR count). The quantitative estimate of drug-likeness (QED) is 0.757. The third kappa shape index (κ3) is 2.49. The Morgan fingerprint density at radius 2 is 1.93 bits per heavy atom. The molecule has 78 valence electrons. The molecule has 0 fully saturated rings. The van der Waals surface area contributed by atoms with Gasteiger partial charge in [-0.25, -0.2) is 15.0 Å². The van der Waals surface area contributed by atoms with Gasteiger partial charge in [-0.1, -0.05) is 11.6 Å². The number of nitrogens with zero attached hydrogens (tertiary/aromatic N) is 3. The van der Waals surface area contributed by atoms with Crippen LogP contribution in [0.25, 0.3) is 0 Å². The Morgan fingerprint density at radius 1 is 1.27 bits per heavy atom. The van der Waals surface area contributed by atoms with Crippen LogP contribution in [0.4, 0.5) is 0 Å². The van der Waals surface area contributed by atoms with Gasteiger partial charge >= 0.3 is 0 Å². The van der Waals surface area contributed by atoms with E-state index in [1.165, 1.54) is 11.8 Å². The molecule has 0 unspecified atom stereocenters. The zero-order chi connectivity index (χ0) is 10.8. The molecule has 0 saturated carbocycles. The van der Waals surface area contributed by atoms with Crippen molar-refractivity contribution < 1.29 is 4.42 Å². The lowest BCUT2D eigenvalue weighted by molar-refractivity contribution is 0.430. The minimum absolute atomic E-state index is 0.513. The van der Waals surface area contributed by atoms with Crippen LogP contribution in [-0.2, 0) is 0 Å². The second kappa shape index (κ2) is 4.20. The Kier molecular flexibility index (Phi) is 2.93. The zero-order valence-corrected chi connectivity index (χ0v) is 9.76. The fourth-order valence-corrected chi connectivity index (χ4v) is 1.73. The molecule has 0 aliphatic carbocycles. The third-order valence-corrected chi connectivity index (χ3v) is 2.72. The van der Waals surface area contributed by atoms with Crippen molar-refractivity contribution in [2.75, 3.05) is 0 Å². The van der Waals surface area contributed by atoms with E-state index >= 15 is 0 Å². The number of hydrogen-bond donors (Lipinski definition) is 0. The smallest absolute Gasteiger partial charge is 0.264 e. The van der Waals surface area contributed by atoms with Crippen molar-refractivity contribution >= 4 is 23.4 Å². The van der Waals surface area contributed by atoms with Gasteiger partial charge in [0.2, 0.25) is 0 Å². The van der Waals surface area contributed by atoms with Crippen molar-refractivity contribution in [3.05, 3.63) is 28.9 Å². The maximum atomic E-state index is 5.67. The zero-order valence-electron chi connectivity index (χ0n) is 8.19. The average molecular weight is 242 g/mol. The first kappa shape index (κ1) is 10.4. The van der Waals surface area contributed by atoms with E-state index in [-0.39, 0.29) is 0 Å². The lowest BCUT2D eigenvalue weighted by Gasteiger charge is -1.93. The van der Waals surface area contributed by atoms with Crippen LogP contribution in [0.1, 0.15) is 11.5 Å². The Labute approximate surface area is 96.1 Å². The van der Waals surface area contributed by atoms with Gasteiger partial charge in [0.15, 0.2) is 5.16 Å². The summed E-state index contributed by atoms with van der Waals surface area (Å²) in [5.41, 5.74) is 0.881. The Morgan fingerprint density at radius 3 is 2.47 bits per heavy atom. The lowest BCUT2D eigenvalue weighted by Crippen LogP contribution is -1.84. The van der Waals surface area contributed by atoms with Crippen LogP contribution >= 0.6 is 23.4 Å². The van der Waals surface area contributed by atoms with Crippen molar-refractivity contribution in [3.63, 3.8) is 0 Å². The summed E-state index contributed by atoms with van der Waals surface area (Å²) in [7, 11) is 0. The van der Waals surface area contributed by atoms with Gasteiger partial charge in [0, 0.05) is 11.8 Å². The van der Waals surface area contributed by atoms with Crippen LogP contribution in [0.2, 0.25) is 5.02 Å². The molecule has 2 aromatic rings. The van der Waals surface area contributed by atoms with E-state index in [2.05, 4.69) is 15.0 Å². The monoisotopic (exact) mass is 241 g/mol. The first-order valence-electron chi connectivity index (χ1n) is 4.24. The lowest BCUT2D eigenvalue weighted by atomic mass is 10.4. The molecule has 0 spiro atoms. The molecule has 0 aromatic carbocycles. The molecule has 0 N–H and O–H groups in total. The molecule has 0 radical (unpaired) electrons. The van der Waals surface area contributed by atoms with E-state index < -0.39 is 0 Å². The van der Waals surface area contributed by atoms with Crippen molar-refractivity contribution in [2.45, 2.75) is 24.2 Å². The number of aryl methyl sites for hydroxylation is 2. The minimum atomic E-state index is 0.513. The topological polar surface area (TPSA) is 51.8 Å². The highest BCUT2D eigenvalue weighted by Gasteiger charge is 2.08. The van der Waals surface area contributed by atoms with Crippen LogP contribution in [0.3, 0.4) is 0 Å². The predicted octanol–water partition coefficient (Wildman–Crippen LogP) is 2.89. The summed E-state index contributed by atoms with van der Waals surface area (Å²) in [6, 6.07) is 0. The molecule has 15 heavy (non-hydrogen) atoms. The van der Waals surface area contributed by atoms with Crippen LogP contribution < -0.4 is 0 Å². The second-order valence-electron chi connectivity index (χ2n) is 2.91. The summed E-state index contributed by atoms with van der Waals surface area (Å²) in [6.45, 7) is 3.76. The SMILES string of the molecule is Cc1nc(Sc2ncc(Cl)cn2)oc1C. The highest BCUT2D eigenvalue weighted by Crippen LogP contribution is 2.25. The fourth-order valence-electron chi connectivity index (χ4n) is 0.918. The number of aromatic nitrogens is 3. The number of halogens is 1. The largest absolute Gasteiger partial charge is 0.436 e. The molecule has 2 aromatic heterocycles. The molecular weight excluding hydrogens is 234 g/mol. The first-order chi connectivity index (χ1) is 7.15. The van der Waals surface area contributed by atoms with E-state index in [4.69, 9.17) is 16.0 Å². The number of hydrogen-bond acceptors (Lipinski definition) is 5. The highest BCUT2D eigenvalue weighted by molar-refractivity contribution is 7.98. The van der Waals surface area contributed by atoms with E-state index in [0.717, 1.165) is 11.5 Å². The summed E-state index contributed by atoms with van der Waals surface area (Å²) in [5, 5.41) is 1.63. The summed E-state index contributed by atoms with van der Waals surface area (Å²) in [5.74, 6) is 0.812. The van der Waals surface area contributed by atoms with Gasteiger partial charge in [-0.15, -0.1) is 0 Å². The average Bonchev–Trinajstić information content (AvgIpc) is 2.50. The summed E-state index contributed by atoms with van der Waals surface area (Å²) in [6.07, 6.45) is 3.08. The van der Waals surface area contributed by atoms with E-state index in [1.807, 2.05) is 13.8 Å². The second-order valence-corrected chi connectivity index (χ2v) is 4.26. The van der Waals surface area contributed by atoms with Gasteiger partial charge in [-0.05, 0) is 13.8 Å². The van der Waals surface area contributed by atoms with E-state index in [1.54, 1.807) is 12.4 Å². The van der Waals surface area contributed by atoms with Gasteiger partial charge in [-0.3, -0.25) is 0 Å². The summed E-state index contributed by atoms with van der Waals surface area (Å²) >= 11 is 6.94. The molecule has 6 heteroatoms. The van der Waals surface area contributed by atoms with Gasteiger partial charge in [0.25, 0.3) is 5.22 Å². The molecular formula is C9H8ClN3OS. The fraction of sp³-hybridized carbons (Fsp3) is 0.222. The Hall–Kier alpha value is -1.07. The van der Waals surface area contributed by atoms with Crippen molar-refractivity contribution in [1.29, 1.82) is 0 Å². The molecule has 0 aliphatic rings. The number of rotatable bonds is 2. The maximum Gasteiger partial charge on any atom is 0.264 e. The first-order valence-corrected chi connectivity index (χ1v) is 5.44. The van der Waals surface area contributed by atoms with Gasteiger partial charge in [0.1, 0.15) is 5.76 Å². The van der Waals surface area contributed by atoms with Gasteiger partial charge in [-0.2, -0.15) is 0 Å². The van der Waals surface area contributed by atoms with Crippen molar-refractivity contribution in [2.24, 2.45) is 0 Å². The van der Waals surface area contributed by atoms with Crippen molar-refractivity contribution in [1.82, 2.24) is 15.0 Å². The van der Waals surface area contributed by atoms with Crippen LogP contribution in [-0.4, -0.2) is 15.0 Å². The summed E-state index contributed by atoms with van der Waals surface area (Å²) in [4.78, 5) is 12.3. The summed E-state index contributed by atoms with van der Waals surface area (Å²) < 4.78 is 5.39. The standard InChI is InChI=1S/C9H8ClN3OS/c1-5-6(2)14-9(13-5)15-8-11-3-7(10)4-12-8/h3-4H,1-2H3. The molecule has 0 amide bonds.